The highest BCUT2D eigenvalue weighted by molar-refractivity contribution is 6.09. The number of nitrogens with zero attached hydrogens (tertiary/aromatic N) is 2. The van der Waals surface area contributed by atoms with E-state index in [1.807, 2.05) is 26.0 Å². The number of carbonyl (C=O) groups is 1. The third-order valence-corrected chi connectivity index (χ3v) is 4.00. The van der Waals surface area contributed by atoms with Crippen molar-refractivity contribution in [3.05, 3.63) is 58.4 Å². The van der Waals surface area contributed by atoms with Crippen molar-refractivity contribution in [3.63, 3.8) is 0 Å². The Morgan fingerprint density at radius 1 is 1.31 bits per heavy atom. The summed E-state index contributed by atoms with van der Waals surface area (Å²) >= 11 is 0. The zero-order valence-corrected chi connectivity index (χ0v) is 15.2. The Morgan fingerprint density at radius 2 is 2.00 bits per heavy atom. The van der Waals surface area contributed by atoms with Crippen molar-refractivity contribution in [2.24, 2.45) is 5.92 Å². The van der Waals surface area contributed by atoms with Crippen LogP contribution in [0.4, 0.5) is 14.5 Å². The summed E-state index contributed by atoms with van der Waals surface area (Å²) in [6, 6.07) is 6.46. The second-order valence-electron chi connectivity index (χ2n) is 6.58. The van der Waals surface area contributed by atoms with Gasteiger partial charge in [0.15, 0.2) is 0 Å². The van der Waals surface area contributed by atoms with Crippen LogP contribution in [0.5, 0.6) is 0 Å². The van der Waals surface area contributed by atoms with E-state index in [1.165, 1.54) is 6.08 Å². The number of aryl methyl sites for hydroxylation is 1. The molecule has 0 unspecified atom stereocenters. The summed E-state index contributed by atoms with van der Waals surface area (Å²) in [5, 5.41) is 11.6. The lowest BCUT2D eigenvalue weighted by molar-refractivity contribution is -0.112. The summed E-state index contributed by atoms with van der Waals surface area (Å²) in [4.78, 5) is 12.3. The number of hydrogen-bond acceptors (Lipinski definition) is 2. The lowest BCUT2D eigenvalue weighted by Gasteiger charge is -2.12. The molecular weight excluding hydrogens is 336 g/mol. The van der Waals surface area contributed by atoms with Crippen molar-refractivity contribution in [1.29, 1.82) is 5.26 Å². The second-order valence-corrected chi connectivity index (χ2v) is 6.58. The molecule has 1 amide bonds. The predicted octanol–water partition coefficient (Wildman–Crippen LogP) is 4.58. The molecular formula is C20H21F2N3O. The molecule has 26 heavy (non-hydrogen) atoms. The van der Waals surface area contributed by atoms with E-state index >= 15 is 0 Å². The highest BCUT2D eigenvalue weighted by Crippen LogP contribution is 2.21. The van der Waals surface area contributed by atoms with Gasteiger partial charge in [0.25, 0.3) is 5.91 Å². The molecule has 0 aliphatic rings. The molecule has 1 N–H and O–H groups in total. The molecule has 0 saturated heterocycles. The van der Waals surface area contributed by atoms with Gasteiger partial charge in [0.2, 0.25) is 0 Å². The molecule has 2 rings (SSSR count). The van der Waals surface area contributed by atoms with E-state index in [1.54, 1.807) is 0 Å². The van der Waals surface area contributed by atoms with Gasteiger partial charge in [-0.15, -0.1) is 0 Å². The van der Waals surface area contributed by atoms with E-state index in [-0.39, 0.29) is 11.3 Å². The molecule has 0 spiro atoms. The van der Waals surface area contributed by atoms with E-state index < -0.39 is 17.5 Å². The van der Waals surface area contributed by atoms with Crippen LogP contribution in [0.2, 0.25) is 0 Å². The van der Waals surface area contributed by atoms with Gasteiger partial charge < -0.3 is 9.88 Å². The SMILES string of the molecule is Cc1cc(/C=C(\C#N)C(=O)Nc2cc(F)ccc2F)c(C)n1CC(C)C. The second kappa shape index (κ2) is 7.96. The van der Waals surface area contributed by atoms with Gasteiger partial charge >= 0.3 is 0 Å². The highest BCUT2D eigenvalue weighted by Gasteiger charge is 2.15. The molecule has 0 aliphatic carbocycles. The molecule has 0 bridgehead atoms. The van der Waals surface area contributed by atoms with Gasteiger partial charge in [-0.05, 0) is 49.6 Å². The summed E-state index contributed by atoms with van der Waals surface area (Å²) in [6.45, 7) is 8.92. The average molecular weight is 357 g/mol. The van der Waals surface area contributed by atoms with Gasteiger partial charge in [-0.1, -0.05) is 13.8 Å². The van der Waals surface area contributed by atoms with Crippen molar-refractivity contribution in [1.82, 2.24) is 4.57 Å². The smallest absolute Gasteiger partial charge is 0.266 e. The van der Waals surface area contributed by atoms with Gasteiger partial charge in [0.1, 0.15) is 23.3 Å². The largest absolute Gasteiger partial charge is 0.348 e. The summed E-state index contributed by atoms with van der Waals surface area (Å²) in [7, 11) is 0. The lowest BCUT2D eigenvalue weighted by Crippen LogP contribution is -2.14. The topological polar surface area (TPSA) is 57.8 Å². The van der Waals surface area contributed by atoms with Crippen LogP contribution >= 0.6 is 0 Å². The van der Waals surface area contributed by atoms with E-state index in [0.717, 1.165) is 41.7 Å². The number of nitriles is 1. The number of nitrogens with one attached hydrogen (secondary N) is 1. The van der Waals surface area contributed by atoms with Crippen molar-refractivity contribution in [2.75, 3.05) is 5.32 Å². The van der Waals surface area contributed by atoms with Crippen molar-refractivity contribution >= 4 is 17.7 Å². The summed E-state index contributed by atoms with van der Waals surface area (Å²) < 4.78 is 29.0. The van der Waals surface area contributed by atoms with Crippen molar-refractivity contribution in [2.45, 2.75) is 34.2 Å². The highest BCUT2D eigenvalue weighted by atomic mass is 19.1. The first-order chi connectivity index (χ1) is 12.2. The number of carbonyl (C=O) groups excluding carboxylic acids is 1. The molecule has 0 atom stereocenters. The lowest BCUT2D eigenvalue weighted by atomic mass is 10.1. The Bertz CT molecular complexity index is 905. The van der Waals surface area contributed by atoms with Crippen molar-refractivity contribution < 1.29 is 13.6 Å². The molecule has 0 fully saturated rings. The minimum absolute atomic E-state index is 0.182. The monoisotopic (exact) mass is 357 g/mol. The molecule has 1 heterocycles. The standard InChI is InChI=1S/C20H21F2N3O/c1-12(2)11-25-13(3)7-15(14(25)4)8-16(10-23)20(26)24-19-9-17(21)5-6-18(19)22/h5-9,12H,11H2,1-4H3,(H,24,26)/b16-8+. The van der Waals surface area contributed by atoms with Gasteiger partial charge in [0, 0.05) is 24.0 Å². The zero-order chi connectivity index (χ0) is 19.4. The summed E-state index contributed by atoms with van der Waals surface area (Å²) in [6.07, 6.45) is 1.46. The van der Waals surface area contributed by atoms with Gasteiger partial charge in [0.05, 0.1) is 5.69 Å². The van der Waals surface area contributed by atoms with Crippen LogP contribution in [0.1, 0.15) is 30.8 Å². The predicted molar refractivity (Wildman–Crippen MR) is 97.3 cm³/mol. The molecule has 6 heteroatoms. The van der Waals surface area contributed by atoms with E-state index in [9.17, 15) is 18.8 Å². The summed E-state index contributed by atoms with van der Waals surface area (Å²) in [5.41, 5.74) is 2.22. The molecule has 1 aromatic heterocycles. The molecule has 4 nitrogen and oxygen atoms in total. The van der Waals surface area contributed by atoms with E-state index in [4.69, 9.17) is 0 Å². The van der Waals surface area contributed by atoms with Gasteiger partial charge in [-0.25, -0.2) is 8.78 Å². The maximum absolute atomic E-state index is 13.7. The van der Waals surface area contributed by atoms with Crippen LogP contribution in [0.25, 0.3) is 6.08 Å². The minimum atomic E-state index is -0.786. The molecule has 1 aromatic carbocycles. The fourth-order valence-corrected chi connectivity index (χ4v) is 2.71. The first kappa shape index (κ1) is 19.4. The zero-order valence-electron chi connectivity index (χ0n) is 15.2. The average Bonchev–Trinajstić information content (AvgIpc) is 2.82. The van der Waals surface area contributed by atoms with Gasteiger partial charge in [-0.2, -0.15) is 5.26 Å². The number of benzene rings is 1. The van der Waals surface area contributed by atoms with Crippen molar-refractivity contribution in [3.8, 4) is 6.07 Å². The number of hydrogen-bond donors (Lipinski definition) is 1. The number of aromatic nitrogens is 1. The van der Waals surface area contributed by atoms with E-state index in [0.29, 0.717) is 5.92 Å². The van der Waals surface area contributed by atoms with Crippen LogP contribution in [0.3, 0.4) is 0 Å². The Morgan fingerprint density at radius 3 is 2.62 bits per heavy atom. The first-order valence-electron chi connectivity index (χ1n) is 8.27. The number of rotatable bonds is 5. The minimum Gasteiger partial charge on any atom is -0.348 e. The summed E-state index contributed by atoms with van der Waals surface area (Å²) in [5.74, 6) is -1.79. The molecule has 0 saturated carbocycles. The van der Waals surface area contributed by atoms with Crippen LogP contribution in [0.15, 0.2) is 29.8 Å². The van der Waals surface area contributed by atoms with Gasteiger partial charge in [-0.3, -0.25) is 4.79 Å². The van der Waals surface area contributed by atoms with Crippen LogP contribution in [0, 0.1) is 42.7 Å². The maximum atomic E-state index is 13.7. The Hall–Kier alpha value is -2.94. The maximum Gasteiger partial charge on any atom is 0.266 e. The Kier molecular flexibility index (Phi) is 5.93. The fourth-order valence-electron chi connectivity index (χ4n) is 2.71. The Balaban J connectivity index is 2.32. The fraction of sp³-hybridized carbons (Fsp3) is 0.300. The van der Waals surface area contributed by atoms with Crippen LogP contribution in [-0.2, 0) is 11.3 Å². The van der Waals surface area contributed by atoms with E-state index in [2.05, 4.69) is 23.7 Å². The third-order valence-electron chi connectivity index (χ3n) is 4.00. The van der Waals surface area contributed by atoms with Crippen LogP contribution < -0.4 is 5.32 Å². The molecule has 2 aromatic rings. The number of amides is 1. The molecule has 0 aliphatic heterocycles. The normalized spacial score (nSPS) is 11.5. The van der Waals surface area contributed by atoms with Crippen LogP contribution in [-0.4, -0.2) is 10.5 Å². The quantitative estimate of drug-likeness (QED) is 0.629. The molecule has 0 radical (unpaired) electrons. The number of anilines is 1. The first-order valence-corrected chi connectivity index (χ1v) is 8.27. The third kappa shape index (κ3) is 4.37. The Labute approximate surface area is 151 Å². The molecule has 136 valence electrons. The number of halogens is 2.